The summed E-state index contributed by atoms with van der Waals surface area (Å²) in [5, 5.41) is 0. The standard InChI is InChI=1S/C12H11BrN2O/c13-11-3-1-2-8(5-11)10-4-9(6-14)12(16)15-7-10/h1-5,7H,6,14H2,(H,15,16). The third kappa shape index (κ3) is 2.23. The zero-order valence-electron chi connectivity index (χ0n) is 8.53. The van der Waals surface area contributed by atoms with Crippen LogP contribution in [0.25, 0.3) is 11.1 Å². The van der Waals surface area contributed by atoms with E-state index in [2.05, 4.69) is 20.9 Å². The highest BCUT2D eigenvalue weighted by atomic mass is 79.9. The van der Waals surface area contributed by atoms with Crippen molar-refractivity contribution >= 4 is 15.9 Å². The first-order valence-corrected chi connectivity index (χ1v) is 5.67. The van der Waals surface area contributed by atoms with E-state index in [-0.39, 0.29) is 12.1 Å². The summed E-state index contributed by atoms with van der Waals surface area (Å²) in [5.41, 5.74) is 7.97. The van der Waals surface area contributed by atoms with Crippen LogP contribution in [-0.4, -0.2) is 4.98 Å². The van der Waals surface area contributed by atoms with Crippen molar-refractivity contribution in [2.45, 2.75) is 6.54 Å². The number of nitrogens with two attached hydrogens (primary N) is 1. The normalized spacial score (nSPS) is 10.4. The van der Waals surface area contributed by atoms with Crippen LogP contribution in [0.5, 0.6) is 0 Å². The molecule has 0 fully saturated rings. The first-order chi connectivity index (χ1) is 7.70. The van der Waals surface area contributed by atoms with Gasteiger partial charge in [-0.3, -0.25) is 4.79 Å². The molecule has 0 atom stereocenters. The fourth-order valence-corrected chi connectivity index (χ4v) is 1.92. The predicted octanol–water partition coefficient (Wildman–Crippen LogP) is 2.26. The lowest BCUT2D eigenvalue weighted by atomic mass is 10.1. The second-order valence-corrected chi connectivity index (χ2v) is 4.37. The fourth-order valence-electron chi connectivity index (χ4n) is 1.52. The van der Waals surface area contributed by atoms with Gasteiger partial charge in [0, 0.05) is 22.8 Å². The van der Waals surface area contributed by atoms with E-state index in [0.717, 1.165) is 15.6 Å². The summed E-state index contributed by atoms with van der Waals surface area (Å²) in [6.45, 7) is 0.247. The van der Waals surface area contributed by atoms with Gasteiger partial charge in [0.15, 0.2) is 0 Å². The van der Waals surface area contributed by atoms with E-state index in [1.54, 1.807) is 6.20 Å². The van der Waals surface area contributed by atoms with Crippen molar-refractivity contribution in [2.75, 3.05) is 0 Å². The summed E-state index contributed by atoms with van der Waals surface area (Å²) in [6, 6.07) is 9.71. The molecule has 1 aromatic heterocycles. The van der Waals surface area contributed by atoms with Crippen molar-refractivity contribution < 1.29 is 0 Å². The Kier molecular flexibility index (Phi) is 3.22. The number of hydrogen-bond donors (Lipinski definition) is 2. The molecule has 0 spiro atoms. The molecule has 0 unspecified atom stereocenters. The van der Waals surface area contributed by atoms with E-state index < -0.39 is 0 Å². The molecular formula is C12H11BrN2O. The number of aromatic nitrogens is 1. The minimum atomic E-state index is -0.124. The molecular weight excluding hydrogens is 268 g/mol. The Balaban J connectivity index is 2.52. The van der Waals surface area contributed by atoms with Gasteiger partial charge in [0.1, 0.15) is 0 Å². The summed E-state index contributed by atoms with van der Waals surface area (Å²) in [7, 11) is 0. The maximum Gasteiger partial charge on any atom is 0.252 e. The largest absolute Gasteiger partial charge is 0.328 e. The highest BCUT2D eigenvalue weighted by molar-refractivity contribution is 9.10. The molecule has 3 nitrogen and oxygen atoms in total. The number of aromatic amines is 1. The van der Waals surface area contributed by atoms with Gasteiger partial charge in [-0.05, 0) is 29.3 Å². The minimum absolute atomic E-state index is 0.124. The van der Waals surface area contributed by atoms with E-state index in [1.807, 2.05) is 30.3 Å². The van der Waals surface area contributed by atoms with E-state index in [4.69, 9.17) is 5.73 Å². The molecule has 1 heterocycles. The van der Waals surface area contributed by atoms with E-state index in [9.17, 15) is 4.79 Å². The predicted molar refractivity (Wildman–Crippen MR) is 68.1 cm³/mol. The maximum atomic E-state index is 11.4. The number of halogens is 1. The molecule has 0 aliphatic carbocycles. The summed E-state index contributed by atoms with van der Waals surface area (Å²) in [4.78, 5) is 14.0. The van der Waals surface area contributed by atoms with Gasteiger partial charge in [-0.2, -0.15) is 0 Å². The van der Waals surface area contributed by atoms with Gasteiger partial charge in [0.05, 0.1) is 0 Å². The summed E-state index contributed by atoms with van der Waals surface area (Å²) >= 11 is 3.41. The molecule has 0 radical (unpaired) electrons. The van der Waals surface area contributed by atoms with Gasteiger partial charge in [-0.15, -0.1) is 0 Å². The van der Waals surface area contributed by atoms with Crippen molar-refractivity contribution in [3.8, 4) is 11.1 Å². The highest BCUT2D eigenvalue weighted by Crippen LogP contribution is 2.22. The topological polar surface area (TPSA) is 58.9 Å². The van der Waals surface area contributed by atoms with Gasteiger partial charge < -0.3 is 10.7 Å². The lowest BCUT2D eigenvalue weighted by Crippen LogP contribution is -2.15. The van der Waals surface area contributed by atoms with Crippen molar-refractivity contribution in [3.05, 3.63) is 56.9 Å². The zero-order valence-corrected chi connectivity index (χ0v) is 10.1. The van der Waals surface area contributed by atoms with Gasteiger partial charge >= 0.3 is 0 Å². The molecule has 2 aromatic rings. The number of H-pyrrole nitrogens is 1. The Morgan fingerprint density at radius 3 is 2.75 bits per heavy atom. The molecule has 1 aromatic carbocycles. The van der Waals surface area contributed by atoms with E-state index in [1.165, 1.54) is 0 Å². The second-order valence-electron chi connectivity index (χ2n) is 3.46. The first-order valence-electron chi connectivity index (χ1n) is 4.88. The molecule has 3 N–H and O–H groups in total. The molecule has 2 rings (SSSR count). The Bertz CT molecular complexity index is 563. The van der Waals surface area contributed by atoms with E-state index >= 15 is 0 Å². The average molecular weight is 279 g/mol. The van der Waals surface area contributed by atoms with Gasteiger partial charge in [0.2, 0.25) is 0 Å². The van der Waals surface area contributed by atoms with Crippen molar-refractivity contribution in [1.29, 1.82) is 0 Å². The zero-order chi connectivity index (χ0) is 11.5. The quantitative estimate of drug-likeness (QED) is 0.885. The van der Waals surface area contributed by atoms with Crippen LogP contribution in [0.1, 0.15) is 5.56 Å². The monoisotopic (exact) mass is 278 g/mol. The van der Waals surface area contributed by atoms with Crippen molar-refractivity contribution in [1.82, 2.24) is 4.98 Å². The maximum absolute atomic E-state index is 11.4. The third-order valence-electron chi connectivity index (χ3n) is 2.36. The molecule has 4 heteroatoms. The lowest BCUT2D eigenvalue weighted by Gasteiger charge is -2.03. The van der Waals surface area contributed by atoms with Gasteiger partial charge in [-0.25, -0.2) is 0 Å². The van der Waals surface area contributed by atoms with E-state index in [0.29, 0.717) is 5.56 Å². The Morgan fingerprint density at radius 1 is 1.25 bits per heavy atom. The summed E-state index contributed by atoms with van der Waals surface area (Å²) in [6.07, 6.45) is 1.70. The SMILES string of the molecule is NCc1cc(-c2cccc(Br)c2)c[nH]c1=O. The molecule has 0 amide bonds. The van der Waals surface area contributed by atoms with Crippen molar-refractivity contribution in [3.63, 3.8) is 0 Å². The number of pyridine rings is 1. The molecule has 0 saturated heterocycles. The van der Waals surface area contributed by atoms with Crippen LogP contribution in [-0.2, 0) is 6.54 Å². The van der Waals surface area contributed by atoms with Gasteiger partial charge in [-0.1, -0.05) is 28.1 Å². The minimum Gasteiger partial charge on any atom is -0.328 e. The molecule has 16 heavy (non-hydrogen) atoms. The fraction of sp³-hybridized carbons (Fsp3) is 0.0833. The smallest absolute Gasteiger partial charge is 0.252 e. The molecule has 0 aliphatic rings. The number of hydrogen-bond acceptors (Lipinski definition) is 2. The van der Waals surface area contributed by atoms with Crippen LogP contribution in [0.2, 0.25) is 0 Å². The van der Waals surface area contributed by atoms with Crippen molar-refractivity contribution in [2.24, 2.45) is 5.73 Å². The van der Waals surface area contributed by atoms with Gasteiger partial charge in [0.25, 0.3) is 5.56 Å². The molecule has 82 valence electrons. The Morgan fingerprint density at radius 2 is 2.06 bits per heavy atom. The van der Waals surface area contributed by atoms with Crippen LogP contribution in [0, 0.1) is 0 Å². The summed E-state index contributed by atoms with van der Waals surface area (Å²) in [5.74, 6) is 0. The Labute approximate surface area is 101 Å². The molecule has 0 bridgehead atoms. The third-order valence-corrected chi connectivity index (χ3v) is 2.85. The number of rotatable bonds is 2. The first kappa shape index (κ1) is 11.1. The molecule has 0 saturated carbocycles. The Hall–Kier alpha value is -1.39. The lowest BCUT2D eigenvalue weighted by molar-refractivity contribution is 1.02. The second kappa shape index (κ2) is 4.63. The van der Waals surface area contributed by atoms with Crippen LogP contribution in [0.15, 0.2) is 45.8 Å². The molecule has 0 aliphatic heterocycles. The summed E-state index contributed by atoms with van der Waals surface area (Å²) < 4.78 is 1.01. The van der Waals surface area contributed by atoms with Crippen LogP contribution >= 0.6 is 15.9 Å². The average Bonchev–Trinajstić information content (AvgIpc) is 2.29. The van der Waals surface area contributed by atoms with Crippen LogP contribution < -0.4 is 11.3 Å². The van der Waals surface area contributed by atoms with Crippen LogP contribution in [0.4, 0.5) is 0 Å². The van der Waals surface area contributed by atoms with Crippen LogP contribution in [0.3, 0.4) is 0 Å². The highest BCUT2D eigenvalue weighted by Gasteiger charge is 2.02. The number of nitrogens with one attached hydrogen (secondary N) is 1. The number of benzene rings is 1.